The van der Waals surface area contributed by atoms with Gasteiger partial charge in [-0.1, -0.05) is 44.2 Å². The molecule has 0 amide bonds. The van der Waals surface area contributed by atoms with E-state index in [1.165, 1.54) is 5.56 Å². The first-order valence-corrected chi connectivity index (χ1v) is 7.46. The zero-order chi connectivity index (χ0) is 14.8. The molecule has 2 rings (SSSR count). The fourth-order valence-corrected chi connectivity index (χ4v) is 2.89. The number of nitrogens with two attached hydrogens (primary N) is 1. The van der Waals surface area contributed by atoms with Crippen molar-refractivity contribution in [3.63, 3.8) is 0 Å². The van der Waals surface area contributed by atoms with Gasteiger partial charge < -0.3 is 10.5 Å². The molecule has 0 aromatic heterocycles. The summed E-state index contributed by atoms with van der Waals surface area (Å²) in [5.74, 6) is 0. The van der Waals surface area contributed by atoms with Crippen molar-refractivity contribution >= 4 is 0 Å². The van der Waals surface area contributed by atoms with Crippen molar-refractivity contribution in [2.45, 2.75) is 39.3 Å². The molecule has 0 aliphatic carbocycles. The van der Waals surface area contributed by atoms with Crippen molar-refractivity contribution in [3.05, 3.63) is 35.9 Å². The SMILES string of the molecule is CC(C)(CN1CCOCC1(C)C)C(N)c1ccccc1. The first-order chi connectivity index (χ1) is 9.33. The molecule has 3 heteroatoms. The van der Waals surface area contributed by atoms with Crippen LogP contribution in [-0.4, -0.2) is 36.7 Å². The molecular formula is C17H28N2O. The van der Waals surface area contributed by atoms with E-state index in [0.29, 0.717) is 0 Å². The van der Waals surface area contributed by atoms with Crippen LogP contribution in [0.1, 0.15) is 39.3 Å². The average molecular weight is 276 g/mol. The summed E-state index contributed by atoms with van der Waals surface area (Å²) in [5, 5.41) is 0. The number of hydrogen-bond donors (Lipinski definition) is 1. The van der Waals surface area contributed by atoms with E-state index in [1.54, 1.807) is 0 Å². The number of nitrogens with zero attached hydrogens (tertiary/aromatic N) is 1. The summed E-state index contributed by atoms with van der Waals surface area (Å²) in [4.78, 5) is 2.51. The topological polar surface area (TPSA) is 38.5 Å². The van der Waals surface area contributed by atoms with E-state index >= 15 is 0 Å². The molecule has 0 saturated carbocycles. The van der Waals surface area contributed by atoms with Crippen molar-refractivity contribution in [1.82, 2.24) is 4.90 Å². The van der Waals surface area contributed by atoms with Crippen LogP contribution < -0.4 is 5.73 Å². The highest BCUT2D eigenvalue weighted by molar-refractivity contribution is 5.20. The van der Waals surface area contributed by atoms with E-state index < -0.39 is 0 Å². The van der Waals surface area contributed by atoms with Crippen molar-refractivity contribution in [1.29, 1.82) is 0 Å². The minimum absolute atomic E-state index is 0.0238. The summed E-state index contributed by atoms with van der Waals surface area (Å²) in [6.07, 6.45) is 0. The molecule has 1 saturated heterocycles. The predicted octanol–water partition coefficient (Wildman–Crippen LogP) is 2.82. The van der Waals surface area contributed by atoms with Gasteiger partial charge in [0.05, 0.1) is 13.2 Å². The van der Waals surface area contributed by atoms with Crippen molar-refractivity contribution in [3.8, 4) is 0 Å². The maximum absolute atomic E-state index is 6.52. The third kappa shape index (κ3) is 3.40. The lowest BCUT2D eigenvalue weighted by Crippen LogP contribution is -2.56. The molecule has 1 aromatic carbocycles. The molecule has 20 heavy (non-hydrogen) atoms. The van der Waals surface area contributed by atoms with Gasteiger partial charge in [-0.15, -0.1) is 0 Å². The molecule has 1 fully saturated rings. The van der Waals surface area contributed by atoms with Crippen molar-refractivity contribution in [2.75, 3.05) is 26.3 Å². The monoisotopic (exact) mass is 276 g/mol. The summed E-state index contributed by atoms with van der Waals surface area (Å²) in [6, 6.07) is 10.4. The van der Waals surface area contributed by atoms with Gasteiger partial charge in [0.25, 0.3) is 0 Å². The molecule has 1 aromatic rings. The third-order valence-electron chi connectivity index (χ3n) is 4.42. The van der Waals surface area contributed by atoms with Crippen molar-refractivity contribution < 1.29 is 4.74 Å². The van der Waals surface area contributed by atoms with Gasteiger partial charge in [-0.25, -0.2) is 0 Å². The van der Waals surface area contributed by atoms with E-state index in [0.717, 1.165) is 26.3 Å². The number of hydrogen-bond acceptors (Lipinski definition) is 3. The minimum Gasteiger partial charge on any atom is -0.378 e. The lowest BCUT2D eigenvalue weighted by Gasteiger charge is -2.47. The maximum atomic E-state index is 6.52. The van der Waals surface area contributed by atoms with Gasteiger partial charge in [-0.05, 0) is 24.8 Å². The number of morpholine rings is 1. The Morgan fingerprint density at radius 2 is 1.95 bits per heavy atom. The second-order valence-electron chi connectivity index (χ2n) is 7.16. The first kappa shape index (κ1) is 15.5. The van der Waals surface area contributed by atoms with Gasteiger partial charge in [0.15, 0.2) is 0 Å². The van der Waals surface area contributed by atoms with E-state index in [1.807, 2.05) is 6.07 Å². The lowest BCUT2D eigenvalue weighted by atomic mass is 9.79. The highest BCUT2D eigenvalue weighted by Crippen LogP contribution is 2.34. The van der Waals surface area contributed by atoms with Crippen LogP contribution in [0.25, 0.3) is 0 Å². The Morgan fingerprint density at radius 3 is 2.55 bits per heavy atom. The second-order valence-corrected chi connectivity index (χ2v) is 7.16. The molecule has 1 atom stereocenters. The zero-order valence-corrected chi connectivity index (χ0v) is 13.2. The molecule has 1 aliphatic heterocycles. The maximum Gasteiger partial charge on any atom is 0.0645 e. The molecule has 112 valence electrons. The van der Waals surface area contributed by atoms with Gasteiger partial charge in [0, 0.05) is 24.7 Å². The summed E-state index contributed by atoms with van der Waals surface area (Å²) >= 11 is 0. The Labute approximate surface area is 123 Å². The smallest absolute Gasteiger partial charge is 0.0645 e. The Morgan fingerprint density at radius 1 is 1.30 bits per heavy atom. The molecule has 1 heterocycles. The number of benzene rings is 1. The van der Waals surface area contributed by atoms with Crippen LogP contribution in [0, 0.1) is 5.41 Å². The second kappa shape index (κ2) is 5.84. The molecule has 0 radical (unpaired) electrons. The summed E-state index contributed by atoms with van der Waals surface area (Å²) in [6.45, 7) is 12.6. The molecule has 1 unspecified atom stereocenters. The minimum atomic E-state index is 0.0238. The normalized spacial score (nSPS) is 21.6. The van der Waals surface area contributed by atoms with Crippen LogP contribution >= 0.6 is 0 Å². The average Bonchev–Trinajstić information content (AvgIpc) is 2.41. The van der Waals surface area contributed by atoms with Gasteiger partial charge in [0.1, 0.15) is 0 Å². The quantitative estimate of drug-likeness (QED) is 0.919. The van der Waals surface area contributed by atoms with E-state index in [9.17, 15) is 0 Å². The fourth-order valence-electron chi connectivity index (χ4n) is 2.89. The number of rotatable bonds is 4. The highest BCUT2D eigenvalue weighted by Gasteiger charge is 2.37. The molecule has 0 spiro atoms. The van der Waals surface area contributed by atoms with E-state index in [-0.39, 0.29) is 17.0 Å². The van der Waals surface area contributed by atoms with Crippen LogP contribution in [0.2, 0.25) is 0 Å². The zero-order valence-electron chi connectivity index (χ0n) is 13.2. The van der Waals surface area contributed by atoms with Gasteiger partial charge in [-0.2, -0.15) is 0 Å². The van der Waals surface area contributed by atoms with Crippen molar-refractivity contribution in [2.24, 2.45) is 11.1 Å². The lowest BCUT2D eigenvalue weighted by molar-refractivity contribution is -0.0672. The molecular weight excluding hydrogens is 248 g/mol. The Balaban J connectivity index is 2.10. The fraction of sp³-hybridized carbons (Fsp3) is 0.647. The molecule has 3 nitrogen and oxygen atoms in total. The highest BCUT2D eigenvalue weighted by atomic mass is 16.5. The number of ether oxygens (including phenoxy) is 1. The Kier molecular flexibility index (Phi) is 4.52. The Hall–Kier alpha value is -0.900. The van der Waals surface area contributed by atoms with Crippen LogP contribution in [0.3, 0.4) is 0 Å². The van der Waals surface area contributed by atoms with Crippen LogP contribution in [0.5, 0.6) is 0 Å². The van der Waals surface area contributed by atoms with Crippen LogP contribution in [0.4, 0.5) is 0 Å². The van der Waals surface area contributed by atoms with Gasteiger partial charge in [-0.3, -0.25) is 4.90 Å². The van der Waals surface area contributed by atoms with E-state index in [4.69, 9.17) is 10.5 Å². The largest absolute Gasteiger partial charge is 0.378 e. The van der Waals surface area contributed by atoms with Crippen LogP contribution in [0.15, 0.2) is 30.3 Å². The standard InChI is InChI=1S/C17H28N2O/c1-16(2,15(18)14-8-6-5-7-9-14)12-19-10-11-20-13-17(19,3)4/h5-9,15H,10-13,18H2,1-4H3. The summed E-state index contributed by atoms with van der Waals surface area (Å²) in [7, 11) is 0. The van der Waals surface area contributed by atoms with E-state index in [2.05, 4.69) is 56.9 Å². The third-order valence-corrected chi connectivity index (χ3v) is 4.42. The van der Waals surface area contributed by atoms with Gasteiger partial charge in [0.2, 0.25) is 0 Å². The first-order valence-electron chi connectivity index (χ1n) is 7.46. The van der Waals surface area contributed by atoms with Gasteiger partial charge >= 0.3 is 0 Å². The summed E-state index contributed by atoms with van der Waals surface area (Å²) in [5.41, 5.74) is 7.85. The van der Waals surface area contributed by atoms with Crippen LogP contribution in [-0.2, 0) is 4.74 Å². The summed E-state index contributed by atoms with van der Waals surface area (Å²) < 4.78 is 5.60. The molecule has 2 N–H and O–H groups in total. The predicted molar refractivity (Wildman–Crippen MR) is 83.6 cm³/mol. The molecule has 1 aliphatic rings. The molecule has 0 bridgehead atoms. The Bertz CT molecular complexity index is 428.